The predicted molar refractivity (Wildman–Crippen MR) is 132 cm³/mol. The zero-order chi connectivity index (χ0) is 25.0. The van der Waals surface area contributed by atoms with E-state index >= 15 is 0 Å². The van der Waals surface area contributed by atoms with Gasteiger partial charge in [-0.25, -0.2) is 13.1 Å². The molecule has 11 nitrogen and oxygen atoms in total. The molecular formula is C23H29N7O4S. The third-order valence-corrected chi connectivity index (χ3v) is 7.79. The number of tetrazole rings is 1. The van der Waals surface area contributed by atoms with Crippen LogP contribution in [-0.2, 0) is 14.8 Å². The average molecular weight is 500 g/mol. The van der Waals surface area contributed by atoms with Crippen molar-refractivity contribution in [1.82, 2.24) is 24.5 Å². The molecule has 3 aromatic rings. The van der Waals surface area contributed by atoms with Crippen LogP contribution in [0.2, 0.25) is 0 Å². The Hall–Kier alpha value is -3.51. The summed E-state index contributed by atoms with van der Waals surface area (Å²) < 4.78 is 34.3. The van der Waals surface area contributed by atoms with Gasteiger partial charge in [0.1, 0.15) is 5.75 Å². The van der Waals surface area contributed by atoms with Crippen LogP contribution in [0.15, 0.2) is 47.4 Å². The number of hydrogen-bond donors (Lipinski definition) is 2. The molecule has 0 atom stereocenters. The summed E-state index contributed by atoms with van der Waals surface area (Å²) >= 11 is 0. The van der Waals surface area contributed by atoms with Crippen molar-refractivity contribution in [2.75, 3.05) is 37.4 Å². The fraction of sp³-hybridized carbons (Fsp3) is 0.391. The number of hydrogen-bond acceptors (Lipinski definition) is 8. The highest BCUT2D eigenvalue weighted by Gasteiger charge is 2.28. The molecule has 1 heterocycles. The molecule has 1 amide bonds. The van der Waals surface area contributed by atoms with Gasteiger partial charge in [-0.3, -0.25) is 4.79 Å². The van der Waals surface area contributed by atoms with Gasteiger partial charge in [0.15, 0.2) is 5.82 Å². The molecule has 0 bridgehead atoms. The summed E-state index contributed by atoms with van der Waals surface area (Å²) in [6.45, 7) is 4.22. The first-order chi connectivity index (χ1) is 16.9. The average Bonchev–Trinajstić information content (AvgIpc) is 3.59. The first-order valence-corrected chi connectivity index (χ1v) is 12.9. The van der Waals surface area contributed by atoms with Gasteiger partial charge in [-0.2, -0.15) is 4.31 Å². The quantitative estimate of drug-likeness (QED) is 0.412. The van der Waals surface area contributed by atoms with E-state index in [-0.39, 0.29) is 23.0 Å². The van der Waals surface area contributed by atoms with Crippen molar-refractivity contribution >= 4 is 27.3 Å². The van der Waals surface area contributed by atoms with Gasteiger partial charge in [0.05, 0.1) is 30.3 Å². The van der Waals surface area contributed by atoms with Gasteiger partial charge in [0.2, 0.25) is 15.9 Å². The molecular weight excluding hydrogens is 470 g/mol. The van der Waals surface area contributed by atoms with Gasteiger partial charge in [-0.15, -0.1) is 5.10 Å². The van der Waals surface area contributed by atoms with Crippen molar-refractivity contribution in [2.24, 2.45) is 0 Å². The number of methoxy groups -OCH3 is 1. The van der Waals surface area contributed by atoms with Crippen LogP contribution in [0.4, 0.5) is 11.4 Å². The zero-order valence-corrected chi connectivity index (χ0v) is 20.7. The van der Waals surface area contributed by atoms with Gasteiger partial charge in [0.25, 0.3) is 0 Å². The molecule has 0 saturated heterocycles. The Bertz CT molecular complexity index is 1300. The lowest BCUT2D eigenvalue weighted by atomic mass is 10.2. The van der Waals surface area contributed by atoms with E-state index in [0.29, 0.717) is 30.7 Å². The topological polar surface area (TPSA) is 131 Å². The fourth-order valence-corrected chi connectivity index (χ4v) is 5.24. The van der Waals surface area contributed by atoms with Gasteiger partial charge in [-0.1, -0.05) is 26.0 Å². The van der Waals surface area contributed by atoms with Crippen LogP contribution in [-0.4, -0.2) is 65.6 Å². The van der Waals surface area contributed by atoms with Crippen LogP contribution in [0, 0.1) is 0 Å². The molecule has 0 spiro atoms. The number of sulfonamides is 1. The molecule has 1 aliphatic carbocycles. The highest BCUT2D eigenvalue weighted by molar-refractivity contribution is 7.89. The van der Waals surface area contributed by atoms with Gasteiger partial charge in [0, 0.05) is 24.3 Å². The Labute approximate surface area is 204 Å². The van der Waals surface area contributed by atoms with Crippen molar-refractivity contribution in [3.8, 4) is 17.1 Å². The zero-order valence-electron chi connectivity index (χ0n) is 19.9. The Balaban J connectivity index is 1.46. The van der Waals surface area contributed by atoms with Crippen molar-refractivity contribution in [3.05, 3.63) is 42.5 Å². The summed E-state index contributed by atoms with van der Waals surface area (Å²) in [5.41, 5.74) is 1.86. The summed E-state index contributed by atoms with van der Waals surface area (Å²) in [5.74, 6) is 0.705. The molecule has 35 heavy (non-hydrogen) atoms. The number of rotatable bonds is 11. The molecule has 2 N–H and O–H groups in total. The van der Waals surface area contributed by atoms with Gasteiger partial charge >= 0.3 is 0 Å². The lowest BCUT2D eigenvalue weighted by Crippen LogP contribution is -2.30. The van der Waals surface area contributed by atoms with Gasteiger partial charge < -0.3 is 15.4 Å². The summed E-state index contributed by atoms with van der Waals surface area (Å²) in [5, 5.41) is 17.9. The monoisotopic (exact) mass is 499 g/mol. The minimum absolute atomic E-state index is 0.0345. The molecule has 12 heteroatoms. The van der Waals surface area contributed by atoms with Crippen molar-refractivity contribution in [3.63, 3.8) is 0 Å². The van der Waals surface area contributed by atoms with Crippen LogP contribution in [0.25, 0.3) is 11.4 Å². The lowest BCUT2D eigenvalue weighted by Gasteiger charge is -2.19. The standard InChI is InChI=1S/C23H29N7O4S/c1-4-29(5-2)35(32,33)19-11-12-21(34-3)20(14-19)25-22(31)15-24-17-8-6-7-16(13-17)23-26-27-28-30(23)18-9-10-18/h6-8,11-14,18,24H,4-5,9-10,15H2,1-3H3,(H,25,31). The number of carbonyl (C=O) groups excluding carboxylic acids is 1. The second-order valence-electron chi connectivity index (χ2n) is 8.11. The second-order valence-corrected chi connectivity index (χ2v) is 10.1. The predicted octanol–water partition coefficient (Wildman–Crippen LogP) is 2.76. The van der Waals surface area contributed by atoms with E-state index in [1.165, 1.54) is 29.6 Å². The molecule has 1 aromatic heterocycles. The van der Waals surface area contributed by atoms with E-state index < -0.39 is 10.0 Å². The number of anilines is 2. The van der Waals surface area contributed by atoms with E-state index in [1.54, 1.807) is 13.8 Å². The highest BCUT2D eigenvalue weighted by atomic mass is 32.2. The normalized spacial score (nSPS) is 13.6. The largest absolute Gasteiger partial charge is 0.495 e. The summed E-state index contributed by atoms with van der Waals surface area (Å²) in [6.07, 6.45) is 2.13. The van der Waals surface area contributed by atoms with E-state index in [1.807, 2.05) is 28.9 Å². The number of amides is 1. The minimum atomic E-state index is -3.68. The Morgan fingerprint density at radius 2 is 1.94 bits per heavy atom. The smallest absolute Gasteiger partial charge is 0.243 e. The lowest BCUT2D eigenvalue weighted by molar-refractivity contribution is -0.114. The summed E-state index contributed by atoms with van der Waals surface area (Å²) in [7, 11) is -2.22. The second kappa shape index (κ2) is 10.4. The first kappa shape index (κ1) is 24.6. The molecule has 1 aliphatic rings. The van der Waals surface area contributed by atoms with Crippen molar-refractivity contribution < 1.29 is 17.9 Å². The van der Waals surface area contributed by atoms with E-state index in [4.69, 9.17) is 4.74 Å². The first-order valence-electron chi connectivity index (χ1n) is 11.5. The van der Waals surface area contributed by atoms with Crippen molar-refractivity contribution in [1.29, 1.82) is 0 Å². The maximum atomic E-state index is 12.9. The van der Waals surface area contributed by atoms with Crippen LogP contribution in [0.5, 0.6) is 5.75 Å². The number of ether oxygens (including phenoxy) is 1. The molecule has 2 aromatic carbocycles. The third-order valence-electron chi connectivity index (χ3n) is 5.75. The summed E-state index contributed by atoms with van der Waals surface area (Å²) in [6, 6.07) is 12.3. The third kappa shape index (κ3) is 5.43. The number of nitrogens with one attached hydrogen (secondary N) is 2. The van der Waals surface area contributed by atoms with E-state index in [9.17, 15) is 13.2 Å². The maximum absolute atomic E-state index is 12.9. The maximum Gasteiger partial charge on any atom is 0.243 e. The highest BCUT2D eigenvalue weighted by Crippen LogP contribution is 2.36. The minimum Gasteiger partial charge on any atom is -0.495 e. The SMILES string of the molecule is CCN(CC)S(=O)(=O)c1ccc(OC)c(NC(=O)CNc2cccc(-c3nnnn3C3CC3)c2)c1. The summed E-state index contributed by atoms with van der Waals surface area (Å²) in [4.78, 5) is 12.8. The van der Waals surface area contributed by atoms with Gasteiger partial charge in [-0.05, 0) is 53.6 Å². The molecule has 0 unspecified atom stereocenters. The molecule has 4 rings (SSSR count). The van der Waals surface area contributed by atoms with Crippen molar-refractivity contribution in [2.45, 2.75) is 37.6 Å². The van der Waals surface area contributed by atoms with Crippen LogP contribution >= 0.6 is 0 Å². The Morgan fingerprint density at radius 3 is 2.63 bits per heavy atom. The number of benzene rings is 2. The molecule has 0 radical (unpaired) electrons. The van der Waals surface area contributed by atoms with Crippen LogP contribution in [0.1, 0.15) is 32.7 Å². The van der Waals surface area contributed by atoms with Crippen LogP contribution < -0.4 is 15.4 Å². The van der Waals surface area contributed by atoms with E-state index in [0.717, 1.165) is 24.1 Å². The number of aromatic nitrogens is 4. The Kier molecular flexibility index (Phi) is 7.31. The molecule has 186 valence electrons. The fourth-order valence-electron chi connectivity index (χ4n) is 3.75. The van der Waals surface area contributed by atoms with E-state index in [2.05, 4.69) is 26.2 Å². The number of nitrogens with zero attached hydrogens (tertiary/aromatic N) is 5. The molecule has 1 saturated carbocycles. The molecule has 0 aliphatic heterocycles. The Morgan fingerprint density at radius 1 is 1.17 bits per heavy atom. The molecule has 1 fully saturated rings. The van der Waals surface area contributed by atoms with Crippen LogP contribution in [0.3, 0.4) is 0 Å². The number of carbonyl (C=O) groups is 1.